The average Bonchev–Trinajstić information content (AvgIpc) is 2.83. The van der Waals surface area contributed by atoms with Crippen LogP contribution in [0.3, 0.4) is 0 Å². The van der Waals surface area contributed by atoms with E-state index < -0.39 is 22.1 Å². The fourth-order valence-electron chi connectivity index (χ4n) is 3.38. The van der Waals surface area contributed by atoms with Crippen LogP contribution in [0.5, 0.6) is 0 Å². The average molecular weight is 379 g/mol. The van der Waals surface area contributed by atoms with Gasteiger partial charge in [0.1, 0.15) is 6.04 Å². The van der Waals surface area contributed by atoms with Crippen LogP contribution in [0.4, 0.5) is 4.79 Å². The molecule has 142 valence electrons. The molecule has 1 unspecified atom stereocenters. The van der Waals surface area contributed by atoms with Gasteiger partial charge < -0.3 is 5.32 Å². The number of piperidine rings is 1. The maximum atomic E-state index is 12.8. The number of urea groups is 1. The molecule has 2 saturated heterocycles. The van der Waals surface area contributed by atoms with Gasteiger partial charge in [0, 0.05) is 13.1 Å². The van der Waals surface area contributed by atoms with Gasteiger partial charge >= 0.3 is 6.03 Å². The molecule has 3 amide bonds. The Morgan fingerprint density at radius 2 is 1.69 bits per heavy atom. The predicted octanol–water partition coefficient (Wildman–Crippen LogP) is 1.69. The van der Waals surface area contributed by atoms with Crippen LogP contribution in [-0.2, 0) is 27.1 Å². The van der Waals surface area contributed by atoms with Crippen LogP contribution in [0, 0.1) is 5.92 Å². The minimum atomic E-state index is -3.42. The van der Waals surface area contributed by atoms with E-state index in [0.29, 0.717) is 30.1 Å². The van der Waals surface area contributed by atoms with E-state index in [9.17, 15) is 18.0 Å². The van der Waals surface area contributed by atoms with E-state index in [4.69, 9.17) is 0 Å². The molecule has 0 bridgehead atoms. The first-order valence-electron chi connectivity index (χ1n) is 8.94. The van der Waals surface area contributed by atoms with E-state index in [1.807, 2.05) is 0 Å². The maximum Gasteiger partial charge on any atom is 0.325 e. The number of carbonyl (C=O) groups excluding carboxylic acids is 2. The maximum absolute atomic E-state index is 12.8. The van der Waals surface area contributed by atoms with Crippen LogP contribution >= 0.6 is 0 Å². The number of benzene rings is 1. The number of nitrogens with zero attached hydrogens (tertiary/aromatic N) is 2. The largest absolute Gasteiger partial charge is 0.326 e. The first-order chi connectivity index (χ1) is 12.3. The Bertz CT molecular complexity index is 800. The predicted molar refractivity (Wildman–Crippen MR) is 97.6 cm³/mol. The van der Waals surface area contributed by atoms with E-state index in [2.05, 4.69) is 12.2 Å². The molecule has 0 saturated carbocycles. The summed E-state index contributed by atoms with van der Waals surface area (Å²) in [4.78, 5) is 25.2. The molecule has 1 aromatic rings. The van der Waals surface area contributed by atoms with Gasteiger partial charge in [-0.2, -0.15) is 0 Å². The molecule has 3 rings (SSSR count). The normalized spacial score (nSPS) is 22.7. The molecule has 7 nitrogen and oxygen atoms in total. The number of rotatable bonds is 5. The second kappa shape index (κ2) is 7.36. The number of carbonyl (C=O) groups is 2. The second-order valence-electron chi connectivity index (χ2n) is 7.20. The molecular formula is C18H25N3O4S. The summed E-state index contributed by atoms with van der Waals surface area (Å²) in [5.41, 5.74) is 1.31. The van der Waals surface area contributed by atoms with Crippen LogP contribution in [0.25, 0.3) is 0 Å². The standard InChI is InChI=1S/C18H25N3O4S/c1-13-7-9-20(10-8-13)26(24,25)12-16-6-4-3-5-15(16)11-21-17(22)14(2)19-18(21)23/h3-6,13-14H,7-12H2,1-2H3,(H,19,23). The van der Waals surface area contributed by atoms with Crippen LogP contribution in [0.1, 0.15) is 37.8 Å². The molecule has 1 aromatic carbocycles. The highest BCUT2D eigenvalue weighted by molar-refractivity contribution is 7.88. The Labute approximate surface area is 154 Å². The second-order valence-corrected chi connectivity index (χ2v) is 9.17. The SMILES string of the molecule is CC1CCN(S(=O)(=O)Cc2ccccc2CN2C(=O)NC(C)C2=O)CC1. The monoisotopic (exact) mass is 379 g/mol. The minimum Gasteiger partial charge on any atom is -0.326 e. The zero-order chi connectivity index (χ0) is 18.9. The zero-order valence-electron chi connectivity index (χ0n) is 15.1. The van der Waals surface area contributed by atoms with Crippen LogP contribution < -0.4 is 5.32 Å². The molecule has 2 aliphatic rings. The molecule has 0 spiro atoms. The van der Waals surface area contributed by atoms with Gasteiger partial charge in [-0.1, -0.05) is 31.2 Å². The Balaban J connectivity index is 1.77. The summed E-state index contributed by atoms with van der Waals surface area (Å²) in [5, 5.41) is 2.57. The van der Waals surface area contributed by atoms with Crippen molar-refractivity contribution in [3.8, 4) is 0 Å². The fraction of sp³-hybridized carbons (Fsp3) is 0.556. The van der Waals surface area contributed by atoms with Crippen molar-refractivity contribution < 1.29 is 18.0 Å². The van der Waals surface area contributed by atoms with Crippen molar-refractivity contribution in [2.24, 2.45) is 5.92 Å². The molecule has 1 N–H and O–H groups in total. The molecule has 2 fully saturated rings. The third kappa shape index (κ3) is 3.91. The molecular weight excluding hydrogens is 354 g/mol. The van der Waals surface area contributed by atoms with Crippen molar-refractivity contribution in [3.05, 3.63) is 35.4 Å². The summed E-state index contributed by atoms with van der Waals surface area (Å²) in [5.74, 6) is 0.143. The van der Waals surface area contributed by atoms with Gasteiger partial charge in [-0.25, -0.2) is 17.5 Å². The summed E-state index contributed by atoms with van der Waals surface area (Å²) in [7, 11) is -3.42. The van der Waals surface area contributed by atoms with Crippen molar-refractivity contribution >= 4 is 22.0 Å². The number of nitrogens with one attached hydrogen (secondary N) is 1. The molecule has 2 heterocycles. The summed E-state index contributed by atoms with van der Waals surface area (Å²) in [6.45, 7) is 4.95. The zero-order valence-corrected chi connectivity index (χ0v) is 16.0. The van der Waals surface area contributed by atoms with Gasteiger partial charge in [0.05, 0.1) is 12.3 Å². The number of hydrogen-bond acceptors (Lipinski definition) is 4. The van der Waals surface area contributed by atoms with E-state index in [1.54, 1.807) is 35.5 Å². The van der Waals surface area contributed by atoms with Gasteiger partial charge in [0.2, 0.25) is 10.0 Å². The van der Waals surface area contributed by atoms with Crippen LogP contribution in [0.2, 0.25) is 0 Å². The number of sulfonamides is 1. The molecule has 2 aliphatic heterocycles. The van der Waals surface area contributed by atoms with Crippen molar-refractivity contribution in [1.29, 1.82) is 0 Å². The topological polar surface area (TPSA) is 86.8 Å². The molecule has 0 aliphatic carbocycles. The van der Waals surface area contributed by atoms with Crippen molar-refractivity contribution in [3.63, 3.8) is 0 Å². The lowest BCUT2D eigenvalue weighted by atomic mass is 10.0. The Kier molecular flexibility index (Phi) is 5.34. The number of imide groups is 1. The lowest BCUT2D eigenvalue weighted by molar-refractivity contribution is -0.127. The smallest absolute Gasteiger partial charge is 0.325 e. The summed E-state index contributed by atoms with van der Waals surface area (Å²) in [6.07, 6.45) is 1.75. The van der Waals surface area contributed by atoms with E-state index in [1.165, 1.54) is 0 Å². The third-order valence-corrected chi connectivity index (χ3v) is 6.97. The van der Waals surface area contributed by atoms with Gasteiger partial charge in [-0.15, -0.1) is 0 Å². The summed E-state index contributed by atoms with van der Waals surface area (Å²) in [6, 6.07) is 6.10. The highest BCUT2D eigenvalue weighted by atomic mass is 32.2. The fourth-order valence-corrected chi connectivity index (χ4v) is 5.01. The summed E-state index contributed by atoms with van der Waals surface area (Å²) < 4.78 is 27.2. The van der Waals surface area contributed by atoms with Crippen molar-refractivity contribution in [1.82, 2.24) is 14.5 Å². The molecule has 0 aromatic heterocycles. The van der Waals surface area contributed by atoms with Gasteiger partial charge in [-0.3, -0.25) is 9.69 Å². The highest BCUT2D eigenvalue weighted by Gasteiger charge is 2.35. The Morgan fingerprint density at radius 3 is 2.27 bits per heavy atom. The van der Waals surface area contributed by atoms with Crippen LogP contribution in [-0.4, -0.2) is 48.7 Å². The summed E-state index contributed by atoms with van der Waals surface area (Å²) >= 11 is 0. The van der Waals surface area contributed by atoms with E-state index in [0.717, 1.165) is 17.7 Å². The van der Waals surface area contributed by atoms with Crippen LogP contribution in [0.15, 0.2) is 24.3 Å². The number of hydrogen-bond donors (Lipinski definition) is 1. The van der Waals surface area contributed by atoms with Crippen molar-refractivity contribution in [2.45, 2.75) is 45.0 Å². The minimum absolute atomic E-state index is 0.0811. The molecule has 26 heavy (non-hydrogen) atoms. The Hall–Kier alpha value is -1.93. The lowest BCUT2D eigenvalue weighted by Crippen LogP contribution is -2.38. The van der Waals surface area contributed by atoms with Crippen molar-refractivity contribution in [2.75, 3.05) is 13.1 Å². The van der Waals surface area contributed by atoms with Gasteiger partial charge in [-0.05, 0) is 36.8 Å². The van der Waals surface area contributed by atoms with Gasteiger partial charge in [0.15, 0.2) is 0 Å². The Morgan fingerprint density at radius 1 is 1.08 bits per heavy atom. The number of amides is 3. The van der Waals surface area contributed by atoms with Gasteiger partial charge in [0.25, 0.3) is 5.91 Å². The first kappa shape index (κ1) is 18.8. The van der Waals surface area contributed by atoms with E-state index >= 15 is 0 Å². The lowest BCUT2D eigenvalue weighted by Gasteiger charge is -2.29. The third-order valence-electron chi connectivity index (χ3n) is 5.14. The van der Waals surface area contributed by atoms with E-state index in [-0.39, 0.29) is 18.2 Å². The highest BCUT2D eigenvalue weighted by Crippen LogP contribution is 2.23. The quantitative estimate of drug-likeness (QED) is 0.789. The molecule has 1 atom stereocenters. The molecule has 8 heteroatoms. The molecule has 0 radical (unpaired) electrons. The first-order valence-corrected chi connectivity index (χ1v) is 10.6.